The molecule has 3 heterocycles. The van der Waals surface area contributed by atoms with Gasteiger partial charge in [0.25, 0.3) is 6.33 Å². The molecule has 15 aromatic rings. The van der Waals surface area contributed by atoms with Gasteiger partial charge < -0.3 is 4.74 Å². The van der Waals surface area contributed by atoms with Gasteiger partial charge in [-0.15, -0.1) is 0 Å². The van der Waals surface area contributed by atoms with Crippen molar-refractivity contribution in [3.63, 3.8) is 0 Å². The zero-order valence-corrected chi connectivity index (χ0v) is 55.0. The van der Waals surface area contributed by atoms with E-state index in [2.05, 4.69) is 79.3 Å². The van der Waals surface area contributed by atoms with Crippen LogP contribution in [0, 0.1) is 6.33 Å². The van der Waals surface area contributed by atoms with Gasteiger partial charge in [0.2, 0.25) is 0 Å². The Hall–Kier alpha value is -10.9. The van der Waals surface area contributed by atoms with Crippen LogP contribution in [0.15, 0.2) is 309 Å². The lowest BCUT2D eigenvalue weighted by atomic mass is 9.79. The highest BCUT2D eigenvalue weighted by molar-refractivity contribution is 7.20. The second-order valence-electron chi connectivity index (χ2n) is 26.5. The summed E-state index contributed by atoms with van der Waals surface area (Å²) >= 11 is 0. The van der Waals surface area contributed by atoms with Crippen molar-refractivity contribution >= 4 is 61.7 Å². The Morgan fingerprint density at radius 3 is 1.55 bits per heavy atom. The summed E-state index contributed by atoms with van der Waals surface area (Å²) in [6, 6.07) is 9.44. The van der Waals surface area contributed by atoms with Gasteiger partial charge in [-0.1, -0.05) is 286 Å². The minimum absolute atomic E-state index is 0.0205. The average Bonchev–Trinajstić information content (AvgIpc) is 0.840. The summed E-state index contributed by atoms with van der Waals surface area (Å²) in [5.74, 6) is 1.24. The maximum Gasteiger partial charge on any atom is 0.269 e. The molecule has 0 radical (unpaired) electrons. The first kappa shape index (κ1) is 37.2. The maximum atomic E-state index is 10.8. The average molecular weight is 1290 g/mol. The second-order valence-corrected chi connectivity index (χ2v) is 30.0. The third-order valence-corrected chi connectivity index (χ3v) is 21.5. The van der Waals surface area contributed by atoms with Crippen molar-refractivity contribution in [3.05, 3.63) is 332 Å². The van der Waals surface area contributed by atoms with Crippen molar-refractivity contribution in [1.29, 1.82) is 0 Å². The van der Waals surface area contributed by atoms with E-state index in [-0.39, 0.29) is 27.9 Å². The third-order valence-electron chi connectivity index (χ3n) is 17.3. The standard InChI is InChI=1S/C90H78N4OSi/c1-88(2,3)69-49-50-91-86(58-69)94-81-43-26-25-41-79(81)80-47-46-74(60-83(80)94)95-73-34-27-33-72(59-73)92-61-93(82-48-45-64(56-84(82)92)67-54-70(89(4,5)6)57-71(55-67)90(7,8)9)87-78(68-52-65(62-29-15-10-16-30-62)51-66(53-68)63-31-17-11-18-32-63)42-28-44-85(87)96(75-35-19-12-20-36-75,76-37-21-13-22-38-76)77-39-23-14-24-40-77/h10-60H,1-9H3/i10D,11D,12D,13D,14D,15D,16D,17D,18D,19D,20D,21D,22D,23D,24D,29D,30D,31D,32D,35D,36D,37D,38D,39D,40D,51D,52D,53D. The zero-order chi connectivity index (χ0) is 90.3. The summed E-state index contributed by atoms with van der Waals surface area (Å²) in [4.78, 5) is 4.88. The normalized spacial score (nSPS) is 16.3. The van der Waals surface area contributed by atoms with Gasteiger partial charge in [-0.05, 0) is 171 Å². The number of nitrogens with zero attached hydrogens (tertiary/aromatic N) is 4. The van der Waals surface area contributed by atoms with Crippen LogP contribution in [0.25, 0.3) is 94.5 Å². The molecule has 12 aromatic carbocycles. The van der Waals surface area contributed by atoms with E-state index in [1.807, 2.05) is 66.7 Å². The summed E-state index contributed by atoms with van der Waals surface area (Å²) in [6.07, 6.45) is 5.27. The van der Waals surface area contributed by atoms with Crippen molar-refractivity contribution in [2.24, 2.45) is 0 Å². The highest BCUT2D eigenvalue weighted by atomic mass is 28.3. The Labute approximate surface area is 605 Å². The van der Waals surface area contributed by atoms with Gasteiger partial charge in [-0.3, -0.25) is 13.7 Å². The van der Waals surface area contributed by atoms with Crippen LogP contribution in [0.2, 0.25) is 0 Å². The number of hydrogen-bond donors (Lipinski definition) is 0. The molecule has 0 amide bonds. The predicted molar refractivity (Wildman–Crippen MR) is 404 cm³/mol. The number of pyridine rings is 1. The SMILES string of the molecule is [2H]c1c([2H])c([2H])c(-c2c([2H])c(-c3cccc([Si](c4c([2H])c([2H])c([2H])c([2H])c4[2H])(c4c([2H])c([2H])c([2H])c([2H])c4[2H])c4c([2H])c([2H])c([2H])c([2H])c4[2H])c3-[n+]3[c-]n(-c4cccc(Oc5ccc6c7ccccc7n(-c7cc(C(C)(C)C)ccn7)c6c5)c4)c4cc(-c5cc(C(C)(C)C)cc(C(C)(C)C)c5)ccc43)c([2H])c(-c3c([2H])c([2H])c([2H])c([2H])c3[2H])c2[2H])c([2H])c1[2H]. The summed E-state index contributed by atoms with van der Waals surface area (Å²) < 4.78 is 282. The second kappa shape index (κ2) is 24.4. The van der Waals surface area contributed by atoms with E-state index in [0.717, 1.165) is 38.5 Å². The molecule has 0 fully saturated rings. The lowest BCUT2D eigenvalue weighted by Gasteiger charge is -2.37. The van der Waals surface area contributed by atoms with Crippen LogP contribution >= 0.6 is 0 Å². The number of imidazole rings is 1. The molecule has 0 aliphatic heterocycles. The fourth-order valence-electron chi connectivity index (χ4n) is 12.4. The molecular formula is C90H78N4OSi. The molecule has 0 unspecified atom stereocenters. The molecule has 0 spiro atoms. The molecule has 0 saturated heterocycles. The quantitative estimate of drug-likeness (QED) is 0.0499. The summed E-state index contributed by atoms with van der Waals surface area (Å²) in [7, 11) is -6.48. The van der Waals surface area contributed by atoms with E-state index < -0.39 is 248 Å². The fourth-order valence-corrected chi connectivity index (χ4v) is 16.4. The number of fused-ring (bicyclic) bond motifs is 4. The van der Waals surface area contributed by atoms with Crippen molar-refractivity contribution in [2.45, 2.75) is 78.6 Å². The number of rotatable bonds is 13. The van der Waals surface area contributed by atoms with Gasteiger partial charge in [0.1, 0.15) is 17.3 Å². The van der Waals surface area contributed by atoms with E-state index in [0.29, 0.717) is 22.7 Å². The Kier molecular flexibility index (Phi) is 9.48. The largest absolute Gasteiger partial charge is 0.458 e. The van der Waals surface area contributed by atoms with Crippen LogP contribution < -0.4 is 30.1 Å². The van der Waals surface area contributed by atoms with Gasteiger partial charge in [-0.25, -0.2) is 4.98 Å². The summed E-state index contributed by atoms with van der Waals surface area (Å²) in [5, 5.41) is -1.69. The van der Waals surface area contributed by atoms with Gasteiger partial charge in [0.05, 0.1) is 71.8 Å². The fraction of sp³-hybridized carbons (Fsp3) is 0.133. The molecule has 0 N–H and O–H groups in total. The monoisotopic (exact) mass is 1290 g/mol. The number of aromatic nitrogens is 4. The molecule has 0 bridgehead atoms. The molecule has 468 valence electrons. The Bertz CT molecular complexity index is 6720. The molecule has 3 aromatic heterocycles. The van der Waals surface area contributed by atoms with Gasteiger partial charge in [0.15, 0.2) is 8.07 Å². The van der Waals surface area contributed by atoms with Crippen LogP contribution in [0.3, 0.4) is 0 Å². The molecule has 15 rings (SSSR count). The number of para-hydroxylation sites is 2. The molecule has 0 atom stereocenters. The van der Waals surface area contributed by atoms with E-state index >= 15 is 0 Å². The van der Waals surface area contributed by atoms with Crippen LogP contribution in [0.1, 0.15) is 117 Å². The smallest absolute Gasteiger partial charge is 0.269 e. The topological polar surface area (TPSA) is 35.9 Å². The van der Waals surface area contributed by atoms with Crippen molar-refractivity contribution in [3.8, 4) is 73.2 Å². The first-order chi connectivity index (χ1) is 58.1. The molecule has 96 heavy (non-hydrogen) atoms. The number of benzene rings is 12. The molecule has 0 aliphatic rings. The minimum Gasteiger partial charge on any atom is -0.458 e. The molecule has 0 saturated carbocycles. The third kappa shape index (κ3) is 11.3. The first-order valence-corrected chi connectivity index (χ1v) is 33.2. The van der Waals surface area contributed by atoms with Crippen molar-refractivity contribution < 1.29 is 47.7 Å². The van der Waals surface area contributed by atoms with E-state index in [4.69, 9.17) is 22.1 Å². The van der Waals surface area contributed by atoms with Gasteiger partial charge >= 0.3 is 0 Å². The van der Waals surface area contributed by atoms with Crippen molar-refractivity contribution in [2.75, 3.05) is 0 Å². The van der Waals surface area contributed by atoms with Gasteiger partial charge in [0, 0.05) is 23.0 Å². The lowest BCUT2D eigenvalue weighted by Crippen LogP contribution is -2.76. The number of ether oxygens (including phenoxy) is 1. The molecule has 5 nitrogen and oxygen atoms in total. The van der Waals surface area contributed by atoms with E-state index in [1.54, 1.807) is 53.2 Å². The zero-order valence-electron chi connectivity index (χ0n) is 82.0. The Morgan fingerprint density at radius 1 is 0.417 bits per heavy atom. The van der Waals surface area contributed by atoms with Crippen LogP contribution in [0.4, 0.5) is 0 Å². The van der Waals surface area contributed by atoms with Crippen LogP contribution in [-0.4, -0.2) is 22.2 Å². The molecule has 0 aliphatic carbocycles. The molecular weight excluding hydrogens is 1180 g/mol. The highest BCUT2D eigenvalue weighted by Gasteiger charge is 2.44. The molecule has 6 heteroatoms. The van der Waals surface area contributed by atoms with Crippen molar-refractivity contribution in [1.82, 2.24) is 14.1 Å². The highest BCUT2D eigenvalue weighted by Crippen LogP contribution is 2.41. The minimum atomic E-state index is -6.48. The van der Waals surface area contributed by atoms with E-state index in [1.165, 1.54) is 22.8 Å². The predicted octanol–water partition coefficient (Wildman–Crippen LogP) is 19.9. The van der Waals surface area contributed by atoms with Crippen LogP contribution in [0.5, 0.6) is 11.5 Å². The van der Waals surface area contributed by atoms with Gasteiger partial charge in [-0.2, -0.15) is 0 Å². The first-order valence-electron chi connectivity index (χ1n) is 45.2. The maximum absolute atomic E-state index is 10.8. The van der Waals surface area contributed by atoms with E-state index in [9.17, 15) is 26.0 Å². The summed E-state index contributed by atoms with van der Waals surface area (Å²) in [5.41, 5.74) is -0.332. The lowest BCUT2D eigenvalue weighted by molar-refractivity contribution is -0.570. The Morgan fingerprint density at radius 2 is 0.958 bits per heavy atom. The number of hydrogen-bond acceptors (Lipinski definition) is 2. The van der Waals surface area contributed by atoms with Crippen LogP contribution in [-0.2, 0) is 16.2 Å². The summed E-state index contributed by atoms with van der Waals surface area (Å²) in [6.45, 7) is 18.8. The Balaban J connectivity index is 1.18.